The summed E-state index contributed by atoms with van der Waals surface area (Å²) in [5, 5.41) is 14.3. The van der Waals surface area contributed by atoms with Crippen molar-refractivity contribution in [1.82, 2.24) is 20.1 Å². The molecule has 0 spiro atoms. The van der Waals surface area contributed by atoms with Crippen molar-refractivity contribution >= 4 is 0 Å². The summed E-state index contributed by atoms with van der Waals surface area (Å²) in [6.07, 6.45) is 0.751. The molecule has 134 valence electrons. The molecule has 2 aliphatic heterocycles. The number of nitrogens with one attached hydrogen (secondary N) is 1. The zero-order valence-corrected chi connectivity index (χ0v) is 14.6. The number of hydrogen-bond acceptors (Lipinski definition) is 7. The lowest BCUT2D eigenvalue weighted by atomic mass is 9.95. The van der Waals surface area contributed by atoms with Gasteiger partial charge in [0.15, 0.2) is 6.29 Å². The molecule has 0 radical (unpaired) electrons. The van der Waals surface area contributed by atoms with Gasteiger partial charge in [-0.15, -0.1) is 0 Å². The third-order valence-electron chi connectivity index (χ3n) is 4.78. The van der Waals surface area contributed by atoms with Crippen LogP contribution in [-0.2, 0) is 16.0 Å². The zero-order valence-electron chi connectivity index (χ0n) is 14.6. The van der Waals surface area contributed by atoms with Crippen molar-refractivity contribution < 1.29 is 14.6 Å². The van der Waals surface area contributed by atoms with Gasteiger partial charge < -0.3 is 24.8 Å². The summed E-state index contributed by atoms with van der Waals surface area (Å²) >= 11 is 0. The van der Waals surface area contributed by atoms with E-state index in [1.165, 1.54) is 0 Å². The number of ether oxygens (including phenoxy) is 2. The fourth-order valence-electron chi connectivity index (χ4n) is 3.35. The molecule has 2 aliphatic rings. The van der Waals surface area contributed by atoms with E-state index in [2.05, 4.69) is 20.1 Å². The van der Waals surface area contributed by atoms with Crippen molar-refractivity contribution in [2.75, 3.05) is 40.8 Å². The van der Waals surface area contributed by atoms with Crippen LogP contribution in [0.4, 0.5) is 0 Å². The maximum atomic E-state index is 10.9. The quantitative estimate of drug-likeness (QED) is 0.697. The molecule has 0 aliphatic carbocycles. The molecule has 0 amide bonds. The van der Waals surface area contributed by atoms with Crippen LogP contribution < -0.4 is 5.32 Å². The monoisotopic (exact) mass is 336 g/mol. The molecule has 5 atom stereocenters. The number of fused-ring (bicyclic) bond motifs is 2. The minimum Gasteiger partial charge on any atom is -0.390 e. The molecule has 7 nitrogen and oxygen atoms in total. The third-order valence-corrected chi connectivity index (χ3v) is 4.78. The summed E-state index contributed by atoms with van der Waals surface area (Å²) in [5.41, 5.74) is 0.947. The molecular weight excluding hydrogens is 308 g/mol. The number of hydrogen-bond donors (Lipinski definition) is 2. The Balaban J connectivity index is 1.64. The van der Waals surface area contributed by atoms with Crippen LogP contribution in [-0.4, -0.2) is 91.3 Å². The topological polar surface area (TPSA) is 70.1 Å². The van der Waals surface area contributed by atoms with Gasteiger partial charge in [-0.1, -0.05) is 6.07 Å². The summed E-state index contributed by atoms with van der Waals surface area (Å²) in [4.78, 5) is 8.58. The highest BCUT2D eigenvalue weighted by Crippen LogP contribution is 2.31. The van der Waals surface area contributed by atoms with E-state index in [4.69, 9.17) is 9.47 Å². The van der Waals surface area contributed by atoms with Gasteiger partial charge in [-0.2, -0.15) is 0 Å². The zero-order chi connectivity index (χ0) is 17.1. The second-order valence-electron chi connectivity index (χ2n) is 6.87. The molecule has 0 aromatic carbocycles. The SMILES string of the molecule is CN(C)CCN(C)C1C2OCC(O2)C(NCc2ccccn2)C1O. The molecule has 2 fully saturated rings. The number of aromatic nitrogens is 1. The molecule has 5 unspecified atom stereocenters. The van der Waals surface area contributed by atoms with Crippen LogP contribution in [0, 0.1) is 0 Å². The second-order valence-corrected chi connectivity index (χ2v) is 6.87. The average molecular weight is 336 g/mol. The molecular formula is C17H28N4O3. The number of rotatable bonds is 7. The summed E-state index contributed by atoms with van der Waals surface area (Å²) in [7, 11) is 6.10. The highest BCUT2D eigenvalue weighted by molar-refractivity contribution is 5.06. The van der Waals surface area contributed by atoms with E-state index in [0.717, 1.165) is 18.8 Å². The van der Waals surface area contributed by atoms with E-state index >= 15 is 0 Å². The van der Waals surface area contributed by atoms with Gasteiger partial charge in [-0.25, -0.2) is 0 Å². The number of aliphatic hydroxyl groups excluding tert-OH is 1. The van der Waals surface area contributed by atoms with Gasteiger partial charge in [0.25, 0.3) is 0 Å². The van der Waals surface area contributed by atoms with Crippen molar-refractivity contribution in [1.29, 1.82) is 0 Å². The number of likely N-dealkylation sites (N-methyl/N-ethyl adjacent to an activating group) is 2. The molecule has 7 heteroatoms. The maximum Gasteiger partial charge on any atom is 0.176 e. The van der Waals surface area contributed by atoms with Crippen molar-refractivity contribution in [3.8, 4) is 0 Å². The van der Waals surface area contributed by atoms with Crippen molar-refractivity contribution in [2.24, 2.45) is 0 Å². The van der Waals surface area contributed by atoms with Gasteiger partial charge in [-0.05, 0) is 33.3 Å². The van der Waals surface area contributed by atoms with E-state index < -0.39 is 6.10 Å². The van der Waals surface area contributed by atoms with Gasteiger partial charge in [-0.3, -0.25) is 9.88 Å². The van der Waals surface area contributed by atoms with E-state index in [-0.39, 0.29) is 24.5 Å². The lowest BCUT2D eigenvalue weighted by Gasteiger charge is -2.43. The molecule has 3 rings (SSSR count). The summed E-state index contributed by atoms with van der Waals surface area (Å²) in [6, 6.07) is 5.48. The van der Waals surface area contributed by atoms with Gasteiger partial charge in [0, 0.05) is 25.8 Å². The lowest BCUT2D eigenvalue weighted by Crippen LogP contribution is -2.64. The Hall–Kier alpha value is -1.09. The lowest BCUT2D eigenvalue weighted by molar-refractivity contribution is -0.179. The van der Waals surface area contributed by atoms with Crippen LogP contribution in [0.15, 0.2) is 24.4 Å². The molecule has 2 bridgehead atoms. The fraction of sp³-hybridized carbons (Fsp3) is 0.706. The molecule has 0 saturated carbocycles. The Bertz CT molecular complexity index is 516. The van der Waals surface area contributed by atoms with Crippen molar-refractivity contribution in [3.63, 3.8) is 0 Å². The van der Waals surface area contributed by atoms with Gasteiger partial charge >= 0.3 is 0 Å². The normalized spacial score (nSPS) is 32.7. The van der Waals surface area contributed by atoms with E-state index in [1.54, 1.807) is 6.20 Å². The Morgan fingerprint density at radius 3 is 2.83 bits per heavy atom. The second kappa shape index (κ2) is 7.86. The summed E-state index contributed by atoms with van der Waals surface area (Å²) in [6.45, 7) is 2.87. The summed E-state index contributed by atoms with van der Waals surface area (Å²) in [5.74, 6) is 0. The average Bonchev–Trinajstić information content (AvgIpc) is 2.99. The predicted molar refractivity (Wildman–Crippen MR) is 90.5 cm³/mol. The van der Waals surface area contributed by atoms with Gasteiger partial charge in [0.1, 0.15) is 6.10 Å². The Kier molecular flexibility index (Phi) is 5.80. The van der Waals surface area contributed by atoms with Crippen molar-refractivity contribution in [3.05, 3.63) is 30.1 Å². The first-order valence-electron chi connectivity index (χ1n) is 8.49. The number of pyridine rings is 1. The maximum absolute atomic E-state index is 10.9. The van der Waals surface area contributed by atoms with Crippen LogP contribution in [0.5, 0.6) is 0 Å². The van der Waals surface area contributed by atoms with Crippen LogP contribution in [0.1, 0.15) is 5.69 Å². The Morgan fingerprint density at radius 2 is 2.12 bits per heavy atom. The number of nitrogens with zero attached hydrogens (tertiary/aromatic N) is 3. The number of aliphatic hydroxyl groups is 1. The smallest absolute Gasteiger partial charge is 0.176 e. The fourth-order valence-corrected chi connectivity index (χ4v) is 3.35. The molecule has 1 aromatic rings. The molecule has 2 saturated heterocycles. The standard InChI is InChI=1S/C17H28N4O3/c1-20(2)8-9-21(3)15-16(22)14(13-11-23-17(15)24-13)19-10-12-6-4-5-7-18-12/h4-7,13-17,19,22H,8-11H2,1-3H3. The Morgan fingerprint density at radius 1 is 1.29 bits per heavy atom. The Labute approximate surface area is 143 Å². The van der Waals surface area contributed by atoms with Crippen LogP contribution >= 0.6 is 0 Å². The molecule has 3 heterocycles. The van der Waals surface area contributed by atoms with Crippen LogP contribution in [0.2, 0.25) is 0 Å². The highest BCUT2D eigenvalue weighted by atomic mass is 16.7. The minimum absolute atomic E-state index is 0.118. The van der Waals surface area contributed by atoms with E-state index in [1.807, 2.05) is 39.3 Å². The van der Waals surface area contributed by atoms with Crippen LogP contribution in [0.25, 0.3) is 0 Å². The van der Waals surface area contributed by atoms with Gasteiger partial charge in [0.2, 0.25) is 0 Å². The predicted octanol–water partition coefficient (Wildman–Crippen LogP) is -0.482. The first kappa shape index (κ1) is 17.7. The molecule has 1 aromatic heterocycles. The van der Waals surface area contributed by atoms with Crippen LogP contribution in [0.3, 0.4) is 0 Å². The van der Waals surface area contributed by atoms with Gasteiger partial charge in [0.05, 0.1) is 30.5 Å². The molecule has 24 heavy (non-hydrogen) atoms. The molecule has 2 N–H and O–H groups in total. The van der Waals surface area contributed by atoms with E-state index in [0.29, 0.717) is 13.2 Å². The highest BCUT2D eigenvalue weighted by Gasteiger charge is 2.51. The van der Waals surface area contributed by atoms with E-state index in [9.17, 15) is 5.11 Å². The van der Waals surface area contributed by atoms with Crippen molar-refractivity contribution in [2.45, 2.75) is 37.1 Å². The first-order valence-corrected chi connectivity index (χ1v) is 8.49. The minimum atomic E-state index is -0.549. The third kappa shape index (κ3) is 3.93. The summed E-state index contributed by atoms with van der Waals surface area (Å²) < 4.78 is 11.8. The first-order chi connectivity index (χ1) is 11.6. The largest absolute Gasteiger partial charge is 0.390 e.